The highest BCUT2D eigenvalue weighted by Crippen LogP contribution is 2.25. The molecule has 0 aliphatic rings. The van der Waals surface area contributed by atoms with E-state index in [0.717, 1.165) is 0 Å². The Hall–Kier alpha value is -2.85. The number of halogens is 1. The topological polar surface area (TPSA) is 97.0 Å². The van der Waals surface area contributed by atoms with E-state index in [0.29, 0.717) is 11.4 Å². The third-order valence-corrected chi connectivity index (χ3v) is 4.98. The average molecular weight is 403 g/mol. The molecular weight excluding hydrogens is 380 g/mol. The first-order valence-electron chi connectivity index (χ1n) is 8.85. The van der Waals surface area contributed by atoms with Gasteiger partial charge in [0.25, 0.3) is 5.91 Å². The highest BCUT2D eigenvalue weighted by molar-refractivity contribution is 6.33. The summed E-state index contributed by atoms with van der Waals surface area (Å²) < 4.78 is 6.72. The van der Waals surface area contributed by atoms with E-state index in [2.05, 4.69) is 16.5 Å². The van der Waals surface area contributed by atoms with Crippen LogP contribution < -0.4 is 5.32 Å². The second kappa shape index (κ2) is 8.44. The van der Waals surface area contributed by atoms with Crippen LogP contribution in [0.1, 0.15) is 43.7 Å². The zero-order valence-electron chi connectivity index (χ0n) is 16.5. The van der Waals surface area contributed by atoms with Crippen LogP contribution in [-0.4, -0.2) is 33.3 Å². The van der Waals surface area contributed by atoms with Crippen molar-refractivity contribution in [1.82, 2.24) is 15.1 Å². The van der Waals surface area contributed by atoms with E-state index in [1.807, 2.05) is 32.0 Å². The summed E-state index contributed by atoms with van der Waals surface area (Å²) in [4.78, 5) is 25.0. The summed E-state index contributed by atoms with van der Waals surface area (Å²) in [6.07, 6.45) is -1.10. The Labute approximate surface area is 169 Å². The van der Waals surface area contributed by atoms with E-state index in [1.54, 1.807) is 26.0 Å². The van der Waals surface area contributed by atoms with Gasteiger partial charge in [0.15, 0.2) is 6.10 Å². The van der Waals surface area contributed by atoms with Gasteiger partial charge in [-0.25, -0.2) is 9.48 Å². The molecule has 0 aliphatic heterocycles. The van der Waals surface area contributed by atoms with E-state index in [9.17, 15) is 14.9 Å². The molecule has 1 aromatic heterocycles. The molecule has 0 fully saturated rings. The molecule has 1 amide bonds. The number of nitriles is 1. The van der Waals surface area contributed by atoms with Crippen LogP contribution in [0.3, 0.4) is 0 Å². The Kier molecular flexibility index (Phi) is 6.47. The zero-order valence-corrected chi connectivity index (χ0v) is 17.2. The van der Waals surface area contributed by atoms with Crippen LogP contribution in [-0.2, 0) is 9.53 Å². The lowest BCUT2D eigenvalue weighted by Crippen LogP contribution is -2.52. The third kappa shape index (κ3) is 4.34. The molecule has 1 aromatic carbocycles. The fourth-order valence-electron chi connectivity index (χ4n) is 2.40. The second-order valence-electron chi connectivity index (χ2n) is 7.00. The summed E-state index contributed by atoms with van der Waals surface area (Å²) >= 11 is 6.35. The average Bonchev–Trinajstić information content (AvgIpc) is 2.96. The van der Waals surface area contributed by atoms with Gasteiger partial charge in [0.05, 0.1) is 17.5 Å². The highest BCUT2D eigenvalue weighted by Gasteiger charge is 2.33. The van der Waals surface area contributed by atoms with Crippen molar-refractivity contribution in [2.45, 2.75) is 46.3 Å². The zero-order chi connectivity index (χ0) is 21.1. The van der Waals surface area contributed by atoms with Gasteiger partial charge in [-0.2, -0.15) is 10.4 Å². The number of benzene rings is 1. The number of amides is 1. The molecule has 28 heavy (non-hydrogen) atoms. The monoisotopic (exact) mass is 402 g/mol. The van der Waals surface area contributed by atoms with Crippen LogP contribution in [0.2, 0.25) is 5.15 Å². The SMILES string of the molecule is Cc1nn(-c2ccccc2)c(Cl)c1C(=O)O[C@H](C)C(=O)N[C@](C)(C#N)C(C)C. The summed E-state index contributed by atoms with van der Waals surface area (Å²) in [6, 6.07) is 11.2. The van der Waals surface area contributed by atoms with Crippen molar-refractivity contribution in [3.05, 3.63) is 46.7 Å². The summed E-state index contributed by atoms with van der Waals surface area (Å²) in [6.45, 7) is 8.34. The lowest BCUT2D eigenvalue weighted by Gasteiger charge is -2.28. The molecule has 148 valence electrons. The second-order valence-corrected chi connectivity index (χ2v) is 7.36. The Balaban J connectivity index is 2.18. The van der Waals surface area contributed by atoms with Crippen LogP contribution in [0.15, 0.2) is 30.3 Å². The van der Waals surface area contributed by atoms with Gasteiger partial charge in [0.2, 0.25) is 0 Å². The Morgan fingerprint density at radius 2 is 1.89 bits per heavy atom. The van der Waals surface area contributed by atoms with E-state index < -0.39 is 23.5 Å². The standard InChI is InChI=1S/C20H23ClN4O3/c1-12(2)20(5,11-22)23-18(26)14(4)28-19(27)16-13(3)24-25(17(16)21)15-9-7-6-8-10-15/h6-10,12,14H,1-5H3,(H,23,26)/t14-,20-/m1/s1. The van der Waals surface area contributed by atoms with Crippen LogP contribution in [0, 0.1) is 24.2 Å². The molecule has 0 unspecified atom stereocenters. The fourth-order valence-corrected chi connectivity index (χ4v) is 2.75. The number of hydrogen-bond donors (Lipinski definition) is 1. The third-order valence-electron chi connectivity index (χ3n) is 4.63. The minimum Gasteiger partial charge on any atom is -0.449 e. The van der Waals surface area contributed by atoms with E-state index in [1.165, 1.54) is 11.6 Å². The van der Waals surface area contributed by atoms with Crippen molar-refractivity contribution in [2.75, 3.05) is 0 Å². The van der Waals surface area contributed by atoms with Gasteiger partial charge in [-0.15, -0.1) is 0 Å². The number of rotatable bonds is 6. The lowest BCUT2D eigenvalue weighted by atomic mass is 9.90. The van der Waals surface area contributed by atoms with Crippen LogP contribution >= 0.6 is 11.6 Å². The molecular formula is C20H23ClN4O3. The maximum absolute atomic E-state index is 12.6. The molecule has 2 aromatic rings. The number of aryl methyl sites for hydroxylation is 1. The minimum atomic E-state index is -1.10. The van der Waals surface area contributed by atoms with Crippen LogP contribution in [0.4, 0.5) is 0 Å². The number of aromatic nitrogens is 2. The molecule has 1 heterocycles. The lowest BCUT2D eigenvalue weighted by molar-refractivity contribution is -0.130. The first kappa shape index (κ1) is 21.5. The van der Waals surface area contributed by atoms with Gasteiger partial charge < -0.3 is 10.1 Å². The van der Waals surface area contributed by atoms with Crippen molar-refractivity contribution in [3.8, 4) is 11.8 Å². The number of carbonyl (C=O) groups excluding carboxylic acids is 2. The Morgan fingerprint density at radius 1 is 1.29 bits per heavy atom. The van der Waals surface area contributed by atoms with Crippen molar-refractivity contribution in [3.63, 3.8) is 0 Å². The molecule has 2 rings (SSSR count). The number of esters is 1. The first-order valence-corrected chi connectivity index (χ1v) is 9.23. The number of hydrogen-bond acceptors (Lipinski definition) is 5. The van der Waals surface area contributed by atoms with Crippen molar-refractivity contribution >= 4 is 23.5 Å². The number of carbonyl (C=O) groups is 2. The van der Waals surface area contributed by atoms with Crippen LogP contribution in [0.25, 0.3) is 5.69 Å². The predicted octanol–water partition coefficient (Wildman–Crippen LogP) is 3.43. The Morgan fingerprint density at radius 3 is 2.43 bits per heavy atom. The van der Waals surface area contributed by atoms with E-state index >= 15 is 0 Å². The molecule has 7 nitrogen and oxygen atoms in total. The predicted molar refractivity (Wildman–Crippen MR) is 105 cm³/mol. The fraction of sp³-hybridized carbons (Fsp3) is 0.400. The van der Waals surface area contributed by atoms with Crippen molar-refractivity contribution in [2.24, 2.45) is 5.92 Å². The molecule has 0 bridgehead atoms. The van der Waals surface area contributed by atoms with Gasteiger partial charge in [-0.3, -0.25) is 4.79 Å². The van der Waals surface area contributed by atoms with Gasteiger partial charge in [-0.1, -0.05) is 43.6 Å². The maximum atomic E-state index is 12.6. The van der Waals surface area contributed by atoms with E-state index in [4.69, 9.17) is 16.3 Å². The first-order chi connectivity index (χ1) is 13.1. The molecule has 8 heteroatoms. The Bertz CT molecular complexity index is 918. The van der Waals surface area contributed by atoms with Gasteiger partial charge >= 0.3 is 5.97 Å². The normalized spacial score (nSPS) is 14.1. The van der Waals surface area contributed by atoms with E-state index in [-0.39, 0.29) is 16.6 Å². The quantitative estimate of drug-likeness (QED) is 0.746. The number of nitrogens with zero attached hydrogens (tertiary/aromatic N) is 3. The summed E-state index contributed by atoms with van der Waals surface area (Å²) in [5.41, 5.74) is 0.110. The number of ether oxygens (including phenoxy) is 1. The molecule has 0 aliphatic carbocycles. The number of nitrogens with one attached hydrogen (secondary N) is 1. The smallest absolute Gasteiger partial charge is 0.344 e. The molecule has 0 saturated heterocycles. The van der Waals surface area contributed by atoms with Gasteiger partial charge in [0.1, 0.15) is 16.3 Å². The molecule has 0 saturated carbocycles. The van der Waals surface area contributed by atoms with Gasteiger partial charge in [0, 0.05) is 0 Å². The minimum absolute atomic E-state index is 0.0945. The highest BCUT2D eigenvalue weighted by atomic mass is 35.5. The molecule has 2 atom stereocenters. The molecule has 0 spiro atoms. The van der Waals surface area contributed by atoms with Crippen molar-refractivity contribution in [1.29, 1.82) is 5.26 Å². The molecule has 0 radical (unpaired) electrons. The van der Waals surface area contributed by atoms with Crippen molar-refractivity contribution < 1.29 is 14.3 Å². The largest absolute Gasteiger partial charge is 0.449 e. The summed E-state index contributed by atoms with van der Waals surface area (Å²) in [7, 11) is 0. The molecule has 1 N–H and O–H groups in total. The number of para-hydroxylation sites is 1. The summed E-state index contributed by atoms with van der Waals surface area (Å²) in [5, 5.41) is 16.3. The summed E-state index contributed by atoms with van der Waals surface area (Å²) in [5.74, 6) is -1.43. The maximum Gasteiger partial charge on any atom is 0.344 e. The van der Waals surface area contributed by atoms with Crippen LogP contribution in [0.5, 0.6) is 0 Å². The van der Waals surface area contributed by atoms with Gasteiger partial charge in [-0.05, 0) is 38.8 Å².